The largest absolute Gasteiger partial charge is 0.416 e. The van der Waals surface area contributed by atoms with E-state index >= 15 is 0 Å². The van der Waals surface area contributed by atoms with Crippen molar-refractivity contribution in [3.63, 3.8) is 0 Å². The third-order valence-electron chi connectivity index (χ3n) is 1.64. The van der Waals surface area contributed by atoms with Gasteiger partial charge in [-0.15, -0.1) is 0 Å². The summed E-state index contributed by atoms with van der Waals surface area (Å²) < 4.78 is 52.0. The maximum atomic E-state index is 12.3. The molecule has 1 unspecified atom stereocenters. The number of hydrogen-bond acceptors (Lipinski definition) is 1. The Morgan fingerprint density at radius 1 is 1.23 bits per heavy atom. The molecule has 0 fully saturated rings. The number of alkyl halides is 4. The van der Waals surface area contributed by atoms with E-state index in [1.807, 2.05) is 0 Å². The molecule has 0 aromatic rings. The zero-order valence-corrected chi connectivity index (χ0v) is 7.70. The van der Waals surface area contributed by atoms with Crippen LogP contribution in [-0.2, 0) is 4.74 Å². The van der Waals surface area contributed by atoms with Gasteiger partial charge in [0.1, 0.15) is 0 Å². The van der Waals surface area contributed by atoms with Crippen LogP contribution in [0.5, 0.6) is 0 Å². The van der Waals surface area contributed by atoms with Crippen molar-refractivity contribution in [1.82, 2.24) is 0 Å². The number of hydrogen-bond donors (Lipinski definition) is 0. The zero-order chi connectivity index (χ0) is 10.5. The quantitative estimate of drug-likeness (QED) is 0.599. The van der Waals surface area contributed by atoms with Gasteiger partial charge in [0.15, 0.2) is 0 Å². The Labute approximate surface area is 75.1 Å². The van der Waals surface area contributed by atoms with Gasteiger partial charge in [-0.2, -0.15) is 8.78 Å². The molecule has 1 nitrogen and oxygen atoms in total. The van der Waals surface area contributed by atoms with Crippen LogP contribution in [0.4, 0.5) is 17.6 Å². The molecule has 0 aromatic heterocycles. The summed E-state index contributed by atoms with van der Waals surface area (Å²) in [6.07, 6.45) is -7.52. The van der Waals surface area contributed by atoms with Crippen molar-refractivity contribution >= 4 is 0 Å². The molecule has 0 N–H and O–H groups in total. The van der Waals surface area contributed by atoms with E-state index < -0.39 is 18.6 Å². The molecule has 5 heteroatoms. The minimum absolute atomic E-state index is 0.316. The Bertz CT molecular complexity index is 138. The second-order valence-corrected chi connectivity index (χ2v) is 2.80. The highest BCUT2D eigenvalue weighted by Crippen LogP contribution is 2.27. The lowest BCUT2D eigenvalue weighted by Crippen LogP contribution is -2.34. The molecule has 1 atom stereocenters. The van der Waals surface area contributed by atoms with Gasteiger partial charge in [0.25, 0.3) is 0 Å². The first kappa shape index (κ1) is 12.7. The fourth-order valence-electron chi connectivity index (χ4n) is 0.942. The molecule has 13 heavy (non-hydrogen) atoms. The van der Waals surface area contributed by atoms with E-state index in [0.717, 1.165) is 0 Å². The van der Waals surface area contributed by atoms with Gasteiger partial charge in [-0.25, -0.2) is 8.78 Å². The highest BCUT2D eigenvalue weighted by molar-refractivity contribution is 4.62. The minimum atomic E-state index is -4.31. The van der Waals surface area contributed by atoms with Gasteiger partial charge in [0.05, 0.1) is 6.10 Å². The Hall–Kier alpha value is -0.320. The van der Waals surface area contributed by atoms with Crippen LogP contribution in [-0.4, -0.2) is 18.6 Å². The molecule has 0 aliphatic rings. The van der Waals surface area contributed by atoms with E-state index in [2.05, 4.69) is 4.74 Å². The Balaban J connectivity index is 4.05. The molecule has 0 heterocycles. The molecule has 0 rings (SSSR count). The second-order valence-electron chi connectivity index (χ2n) is 2.80. The standard InChI is InChI=1S/C8H14F4O/c1-3-5-6(4-2)13-8(11,12)7(9)10/h6-7H,3-5H2,1-2H3. The first-order valence-corrected chi connectivity index (χ1v) is 4.27. The first-order valence-electron chi connectivity index (χ1n) is 4.27. The molecule has 0 spiro atoms. The monoisotopic (exact) mass is 202 g/mol. The third kappa shape index (κ3) is 4.45. The molecular formula is C8H14F4O. The molecule has 0 radical (unpaired) electrons. The Morgan fingerprint density at radius 3 is 2.08 bits per heavy atom. The minimum Gasteiger partial charge on any atom is -0.313 e. The van der Waals surface area contributed by atoms with Crippen molar-refractivity contribution in [2.45, 2.75) is 51.7 Å². The second kappa shape index (κ2) is 5.42. The average Bonchev–Trinajstić information content (AvgIpc) is 2.03. The molecule has 0 aromatic carbocycles. The summed E-state index contributed by atoms with van der Waals surface area (Å²) in [6.45, 7) is 3.41. The van der Waals surface area contributed by atoms with Crippen molar-refractivity contribution in [3.05, 3.63) is 0 Å². The summed E-state index contributed by atoms with van der Waals surface area (Å²) in [4.78, 5) is 0. The van der Waals surface area contributed by atoms with E-state index in [9.17, 15) is 17.6 Å². The molecule has 0 bridgehead atoms. The van der Waals surface area contributed by atoms with Crippen molar-refractivity contribution in [2.75, 3.05) is 0 Å². The van der Waals surface area contributed by atoms with E-state index in [4.69, 9.17) is 0 Å². The van der Waals surface area contributed by atoms with Crippen LogP contribution in [0.3, 0.4) is 0 Å². The van der Waals surface area contributed by atoms with Crippen LogP contribution >= 0.6 is 0 Å². The lowest BCUT2D eigenvalue weighted by atomic mass is 10.1. The summed E-state index contributed by atoms with van der Waals surface area (Å²) in [5, 5.41) is 0. The van der Waals surface area contributed by atoms with Gasteiger partial charge in [-0.05, 0) is 12.8 Å². The normalized spacial score (nSPS) is 15.0. The van der Waals surface area contributed by atoms with Crippen LogP contribution in [0.15, 0.2) is 0 Å². The molecule has 0 aliphatic carbocycles. The van der Waals surface area contributed by atoms with Crippen LogP contribution in [0.25, 0.3) is 0 Å². The van der Waals surface area contributed by atoms with Crippen LogP contribution in [0, 0.1) is 0 Å². The van der Waals surface area contributed by atoms with E-state index in [0.29, 0.717) is 19.3 Å². The van der Waals surface area contributed by atoms with Crippen molar-refractivity contribution < 1.29 is 22.3 Å². The van der Waals surface area contributed by atoms with Crippen LogP contribution < -0.4 is 0 Å². The van der Waals surface area contributed by atoms with E-state index in [1.165, 1.54) is 0 Å². The molecule has 0 saturated heterocycles. The van der Waals surface area contributed by atoms with Crippen molar-refractivity contribution in [1.29, 1.82) is 0 Å². The number of ether oxygens (including phenoxy) is 1. The summed E-state index contributed by atoms with van der Waals surface area (Å²) >= 11 is 0. The fourth-order valence-corrected chi connectivity index (χ4v) is 0.942. The third-order valence-corrected chi connectivity index (χ3v) is 1.64. The summed E-state index contributed by atoms with van der Waals surface area (Å²) in [5.41, 5.74) is 0. The van der Waals surface area contributed by atoms with Gasteiger partial charge >= 0.3 is 12.5 Å². The van der Waals surface area contributed by atoms with Gasteiger partial charge < -0.3 is 4.74 Å². The summed E-state index contributed by atoms with van der Waals surface area (Å²) in [7, 11) is 0. The number of halogens is 4. The van der Waals surface area contributed by atoms with Gasteiger partial charge in [-0.3, -0.25) is 0 Å². The Kier molecular flexibility index (Phi) is 5.29. The maximum Gasteiger partial charge on any atom is 0.416 e. The van der Waals surface area contributed by atoms with Crippen molar-refractivity contribution in [3.8, 4) is 0 Å². The highest BCUT2D eigenvalue weighted by atomic mass is 19.3. The predicted octanol–water partition coefficient (Wildman–Crippen LogP) is 3.44. The van der Waals surface area contributed by atoms with Crippen molar-refractivity contribution in [2.24, 2.45) is 0 Å². The van der Waals surface area contributed by atoms with E-state index in [-0.39, 0.29) is 0 Å². The van der Waals surface area contributed by atoms with Crippen LogP contribution in [0.2, 0.25) is 0 Å². The lowest BCUT2D eigenvalue weighted by Gasteiger charge is -2.22. The predicted molar refractivity (Wildman–Crippen MR) is 41.0 cm³/mol. The zero-order valence-electron chi connectivity index (χ0n) is 7.70. The number of rotatable bonds is 6. The molecule has 0 aliphatic heterocycles. The SMILES string of the molecule is CCCC(CC)OC(F)(F)C(F)F. The maximum absolute atomic E-state index is 12.3. The molecular weight excluding hydrogens is 188 g/mol. The first-order chi connectivity index (χ1) is 5.94. The van der Waals surface area contributed by atoms with Gasteiger partial charge in [-0.1, -0.05) is 20.3 Å². The molecule has 80 valence electrons. The highest BCUT2D eigenvalue weighted by Gasteiger charge is 2.43. The Morgan fingerprint density at radius 2 is 1.77 bits per heavy atom. The summed E-state index contributed by atoms with van der Waals surface area (Å²) in [5.74, 6) is 0. The molecule has 0 saturated carbocycles. The van der Waals surface area contributed by atoms with E-state index in [1.54, 1.807) is 13.8 Å². The topological polar surface area (TPSA) is 9.23 Å². The lowest BCUT2D eigenvalue weighted by molar-refractivity contribution is -0.319. The fraction of sp³-hybridized carbons (Fsp3) is 1.00. The van der Waals surface area contributed by atoms with Gasteiger partial charge in [0.2, 0.25) is 0 Å². The average molecular weight is 202 g/mol. The smallest absolute Gasteiger partial charge is 0.313 e. The van der Waals surface area contributed by atoms with Gasteiger partial charge in [0, 0.05) is 0 Å². The molecule has 0 amide bonds. The van der Waals surface area contributed by atoms with Crippen LogP contribution in [0.1, 0.15) is 33.1 Å². The summed E-state index contributed by atoms with van der Waals surface area (Å²) in [6, 6.07) is 0.